The Bertz CT molecular complexity index is 888. The van der Waals surface area contributed by atoms with E-state index < -0.39 is 0 Å². The van der Waals surface area contributed by atoms with E-state index in [1.54, 1.807) is 6.20 Å². The Hall–Kier alpha value is -2.39. The van der Waals surface area contributed by atoms with Crippen LogP contribution in [0.15, 0.2) is 60.9 Å². The van der Waals surface area contributed by atoms with Gasteiger partial charge in [0.2, 0.25) is 5.91 Å². The molecule has 2 heterocycles. The van der Waals surface area contributed by atoms with Crippen LogP contribution in [0.4, 0.5) is 5.69 Å². The molecule has 0 saturated carbocycles. The number of anilines is 1. The minimum atomic E-state index is -0.132. The van der Waals surface area contributed by atoms with Gasteiger partial charge in [-0.2, -0.15) is 0 Å². The van der Waals surface area contributed by atoms with Crippen molar-refractivity contribution in [3.8, 4) is 0 Å². The van der Waals surface area contributed by atoms with E-state index in [2.05, 4.69) is 4.98 Å². The van der Waals surface area contributed by atoms with Gasteiger partial charge in [-0.25, -0.2) is 0 Å². The van der Waals surface area contributed by atoms with Gasteiger partial charge in [0.25, 0.3) is 0 Å². The van der Waals surface area contributed by atoms with E-state index in [-0.39, 0.29) is 11.8 Å². The quantitative estimate of drug-likeness (QED) is 0.700. The summed E-state index contributed by atoms with van der Waals surface area (Å²) >= 11 is 6.07. The maximum absolute atomic E-state index is 12.9. The smallest absolute Gasteiger partial charge is 0.234 e. The van der Waals surface area contributed by atoms with Gasteiger partial charge in [0.15, 0.2) is 0 Å². The fraction of sp³-hybridized carbons (Fsp3) is 0.158. The Morgan fingerprint density at radius 1 is 1.09 bits per heavy atom. The Morgan fingerprint density at radius 3 is 2.83 bits per heavy atom. The maximum atomic E-state index is 12.9. The van der Waals surface area contributed by atoms with Crippen LogP contribution in [-0.4, -0.2) is 17.4 Å². The third-order valence-electron chi connectivity index (χ3n) is 4.39. The van der Waals surface area contributed by atoms with Crippen LogP contribution in [-0.2, 0) is 4.79 Å². The number of carbonyl (C=O) groups is 1. The van der Waals surface area contributed by atoms with Crippen LogP contribution >= 0.6 is 11.6 Å². The number of amides is 1. The molecule has 2 aromatic carbocycles. The van der Waals surface area contributed by atoms with Crippen molar-refractivity contribution in [3.63, 3.8) is 0 Å². The predicted octanol–water partition coefficient (Wildman–Crippen LogP) is 4.41. The molecule has 1 atom stereocenters. The van der Waals surface area contributed by atoms with Crippen LogP contribution in [0, 0.1) is 0 Å². The molecule has 4 rings (SSSR count). The lowest BCUT2D eigenvalue weighted by molar-refractivity contribution is -0.118. The number of nitrogens with zero attached hydrogens (tertiary/aromatic N) is 2. The summed E-state index contributed by atoms with van der Waals surface area (Å²) in [5, 5.41) is 2.77. The number of pyridine rings is 1. The van der Waals surface area contributed by atoms with Crippen LogP contribution in [0.3, 0.4) is 0 Å². The molecular weight excluding hydrogens is 308 g/mol. The minimum Gasteiger partial charge on any atom is -0.310 e. The summed E-state index contributed by atoms with van der Waals surface area (Å²) in [6.07, 6.45) is 4.40. The van der Waals surface area contributed by atoms with E-state index >= 15 is 0 Å². The summed E-state index contributed by atoms with van der Waals surface area (Å²) in [4.78, 5) is 19.1. The lowest BCUT2D eigenvalue weighted by atomic mass is 9.98. The topological polar surface area (TPSA) is 33.2 Å². The molecule has 1 unspecified atom stereocenters. The monoisotopic (exact) mass is 322 g/mol. The zero-order valence-electron chi connectivity index (χ0n) is 12.4. The number of rotatable bonds is 2. The number of benzene rings is 2. The molecule has 0 aliphatic carbocycles. The first-order valence-corrected chi connectivity index (χ1v) is 8.01. The van der Waals surface area contributed by atoms with Gasteiger partial charge in [0.1, 0.15) is 0 Å². The fourth-order valence-corrected chi connectivity index (χ4v) is 3.47. The van der Waals surface area contributed by atoms with Gasteiger partial charge in [-0.3, -0.25) is 9.78 Å². The number of hydrogen-bond acceptors (Lipinski definition) is 2. The van der Waals surface area contributed by atoms with Crippen LogP contribution in [0.25, 0.3) is 10.8 Å². The van der Waals surface area contributed by atoms with Crippen molar-refractivity contribution in [3.05, 3.63) is 71.5 Å². The number of halogens is 1. The molecule has 1 saturated heterocycles. The highest BCUT2D eigenvalue weighted by Gasteiger charge is 2.34. The van der Waals surface area contributed by atoms with E-state index in [1.165, 1.54) is 0 Å². The lowest BCUT2D eigenvalue weighted by Crippen LogP contribution is -2.26. The molecule has 23 heavy (non-hydrogen) atoms. The average molecular weight is 323 g/mol. The highest BCUT2D eigenvalue weighted by molar-refractivity contribution is 6.30. The third-order valence-corrected chi connectivity index (χ3v) is 4.63. The van der Waals surface area contributed by atoms with E-state index in [0.717, 1.165) is 28.4 Å². The van der Waals surface area contributed by atoms with Gasteiger partial charge in [-0.05, 0) is 24.1 Å². The van der Waals surface area contributed by atoms with Gasteiger partial charge in [-0.15, -0.1) is 0 Å². The zero-order chi connectivity index (χ0) is 15.8. The molecule has 1 fully saturated rings. The van der Waals surface area contributed by atoms with Gasteiger partial charge >= 0.3 is 0 Å². The minimum absolute atomic E-state index is 0.116. The fourth-order valence-electron chi connectivity index (χ4n) is 3.27. The van der Waals surface area contributed by atoms with Crippen LogP contribution in [0.2, 0.25) is 5.02 Å². The normalized spacial score (nSPS) is 17.9. The number of hydrogen-bond donors (Lipinski definition) is 0. The molecule has 114 valence electrons. The van der Waals surface area contributed by atoms with E-state index in [1.807, 2.05) is 59.6 Å². The lowest BCUT2D eigenvalue weighted by Gasteiger charge is -2.18. The number of aromatic nitrogens is 1. The van der Waals surface area contributed by atoms with Crippen molar-refractivity contribution in [1.29, 1.82) is 0 Å². The summed E-state index contributed by atoms with van der Waals surface area (Å²) in [6, 6.07) is 15.6. The molecule has 0 N–H and O–H groups in total. The average Bonchev–Trinajstić information content (AvgIpc) is 2.96. The van der Waals surface area contributed by atoms with Crippen molar-refractivity contribution < 1.29 is 4.79 Å². The van der Waals surface area contributed by atoms with Crippen molar-refractivity contribution >= 4 is 34.0 Å². The maximum Gasteiger partial charge on any atom is 0.234 e. The molecule has 1 aliphatic heterocycles. The Balaban J connectivity index is 1.72. The second-order valence-electron chi connectivity index (χ2n) is 5.77. The molecule has 1 aliphatic rings. The summed E-state index contributed by atoms with van der Waals surface area (Å²) in [5.41, 5.74) is 1.87. The number of fused-ring (bicyclic) bond motifs is 1. The standard InChI is InChI=1S/C19H15ClN2O/c20-15-6-3-5-13(10-15)17-8-9-22(19(17)23)18-12-21-11-14-4-1-2-7-16(14)18/h1-7,10-12,17H,8-9H2. The summed E-state index contributed by atoms with van der Waals surface area (Å²) in [5.74, 6) is -0.0157. The highest BCUT2D eigenvalue weighted by atomic mass is 35.5. The first-order chi connectivity index (χ1) is 11.2. The Labute approximate surface area is 139 Å². The highest BCUT2D eigenvalue weighted by Crippen LogP contribution is 2.35. The molecule has 0 radical (unpaired) electrons. The van der Waals surface area contributed by atoms with E-state index in [4.69, 9.17) is 11.6 Å². The Kier molecular flexibility index (Phi) is 3.50. The molecule has 4 heteroatoms. The van der Waals surface area contributed by atoms with E-state index in [9.17, 15) is 4.79 Å². The van der Waals surface area contributed by atoms with Crippen molar-refractivity contribution in [2.24, 2.45) is 0 Å². The van der Waals surface area contributed by atoms with E-state index in [0.29, 0.717) is 11.6 Å². The summed E-state index contributed by atoms with van der Waals surface area (Å²) in [7, 11) is 0. The molecule has 0 spiro atoms. The zero-order valence-corrected chi connectivity index (χ0v) is 13.2. The molecule has 3 aromatic rings. The first kappa shape index (κ1) is 14.2. The molecule has 0 bridgehead atoms. The SMILES string of the molecule is O=C1C(c2cccc(Cl)c2)CCN1c1cncc2ccccc12. The van der Waals surface area contributed by atoms with Crippen molar-refractivity contribution in [1.82, 2.24) is 4.98 Å². The third kappa shape index (κ3) is 2.47. The van der Waals surface area contributed by atoms with Crippen LogP contribution in [0.1, 0.15) is 17.9 Å². The van der Waals surface area contributed by atoms with Crippen LogP contribution in [0.5, 0.6) is 0 Å². The van der Waals surface area contributed by atoms with Gasteiger partial charge in [0.05, 0.1) is 17.8 Å². The molecule has 1 aromatic heterocycles. The van der Waals surface area contributed by atoms with Crippen LogP contribution < -0.4 is 4.90 Å². The molecule has 1 amide bonds. The molecular formula is C19H15ClN2O. The first-order valence-electron chi connectivity index (χ1n) is 7.63. The number of carbonyl (C=O) groups excluding carboxylic acids is 1. The van der Waals surface area contributed by atoms with Gasteiger partial charge in [-0.1, -0.05) is 48.0 Å². The largest absolute Gasteiger partial charge is 0.310 e. The van der Waals surface area contributed by atoms with Crippen molar-refractivity contribution in [2.45, 2.75) is 12.3 Å². The van der Waals surface area contributed by atoms with Crippen molar-refractivity contribution in [2.75, 3.05) is 11.4 Å². The Morgan fingerprint density at radius 2 is 1.96 bits per heavy atom. The summed E-state index contributed by atoms with van der Waals surface area (Å²) in [6.45, 7) is 0.700. The van der Waals surface area contributed by atoms with Gasteiger partial charge in [0, 0.05) is 28.5 Å². The second-order valence-corrected chi connectivity index (χ2v) is 6.20. The predicted molar refractivity (Wildman–Crippen MR) is 92.9 cm³/mol. The summed E-state index contributed by atoms with van der Waals surface area (Å²) < 4.78 is 0. The van der Waals surface area contributed by atoms with Gasteiger partial charge < -0.3 is 4.90 Å². The second kappa shape index (κ2) is 5.67. The molecule has 3 nitrogen and oxygen atoms in total.